The predicted octanol–water partition coefficient (Wildman–Crippen LogP) is 3.46. The lowest BCUT2D eigenvalue weighted by molar-refractivity contribution is 0.300. The highest BCUT2D eigenvalue weighted by Crippen LogP contribution is 2.35. The van der Waals surface area contributed by atoms with E-state index in [0.717, 1.165) is 29.7 Å². The van der Waals surface area contributed by atoms with E-state index >= 15 is 0 Å². The number of aryl methyl sites for hydroxylation is 1. The van der Waals surface area contributed by atoms with Gasteiger partial charge in [0.15, 0.2) is 0 Å². The topological polar surface area (TPSA) is 85.1 Å². The Balaban J connectivity index is 0.00000113. The normalized spacial score (nSPS) is 22.9. The molecule has 0 aliphatic carbocycles. The number of aromatic amines is 1. The third-order valence-corrected chi connectivity index (χ3v) is 4.84. The summed E-state index contributed by atoms with van der Waals surface area (Å²) >= 11 is 0. The van der Waals surface area contributed by atoms with Crippen molar-refractivity contribution in [3.8, 4) is 0 Å². The lowest BCUT2D eigenvalue weighted by atomic mass is 9.85. The molecule has 2 aromatic heterocycles. The summed E-state index contributed by atoms with van der Waals surface area (Å²) in [6.45, 7) is 4.34. The van der Waals surface area contributed by atoms with Crippen molar-refractivity contribution in [1.82, 2.24) is 20.3 Å². The molecule has 3 atom stereocenters. The molecule has 134 valence electrons. The second-order valence-electron chi connectivity index (χ2n) is 6.66. The Morgan fingerprint density at radius 2 is 1.88 bits per heavy atom. The van der Waals surface area contributed by atoms with Crippen molar-refractivity contribution >= 4 is 23.4 Å². The van der Waals surface area contributed by atoms with Crippen LogP contribution in [0.25, 0.3) is 11.0 Å². The van der Waals surface area contributed by atoms with Crippen molar-refractivity contribution in [2.75, 3.05) is 0 Å². The molecule has 25 heavy (non-hydrogen) atoms. The van der Waals surface area contributed by atoms with Crippen LogP contribution in [-0.4, -0.2) is 26.5 Å². The minimum Gasteiger partial charge on any atom is -0.412 e. The number of H-pyrrole nitrogens is 1. The number of hydrogen-bond acceptors (Lipinski definition) is 3. The lowest BCUT2D eigenvalue weighted by Crippen LogP contribution is -2.38. The van der Waals surface area contributed by atoms with Gasteiger partial charge in [-0.1, -0.05) is 30.3 Å². The van der Waals surface area contributed by atoms with E-state index in [9.17, 15) is 0 Å². The third-order valence-electron chi connectivity index (χ3n) is 4.84. The zero-order chi connectivity index (χ0) is 15.8. The molecular formula is C19H25ClN4O. The van der Waals surface area contributed by atoms with Crippen LogP contribution in [-0.2, 0) is 0 Å². The van der Waals surface area contributed by atoms with Crippen molar-refractivity contribution in [2.45, 2.75) is 44.7 Å². The number of aromatic nitrogens is 3. The molecule has 4 rings (SSSR count). The van der Waals surface area contributed by atoms with Gasteiger partial charge in [0, 0.05) is 24.2 Å². The maximum Gasteiger partial charge on any atom is 0.132 e. The quantitative estimate of drug-likeness (QED) is 0.733. The monoisotopic (exact) mass is 360 g/mol. The van der Waals surface area contributed by atoms with Gasteiger partial charge in [-0.3, -0.25) is 0 Å². The molecular weight excluding hydrogens is 336 g/mol. The van der Waals surface area contributed by atoms with Crippen LogP contribution >= 0.6 is 12.4 Å². The van der Waals surface area contributed by atoms with Gasteiger partial charge in [-0.2, -0.15) is 0 Å². The minimum absolute atomic E-state index is 0. The fraction of sp³-hybridized carbons (Fsp3) is 0.368. The van der Waals surface area contributed by atoms with E-state index in [1.165, 1.54) is 11.1 Å². The predicted molar refractivity (Wildman–Crippen MR) is 103 cm³/mol. The first-order valence-electron chi connectivity index (χ1n) is 8.32. The van der Waals surface area contributed by atoms with Gasteiger partial charge in [0.1, 0.15) is 5.82 Å². The van der Waals surface area contributed by atoms with Crippen LogP contribution < -0.4 is 5.32 Å². The second kappa shape index (κ2) is 7.95. The second-order valence-corrected chi connectivity index (χ2v) is 6.66. The molecule has 4 N–H and O–H groups in total. The summed E-state index contributed by atoms with van der Waals surface area (Å²) in [4.78, 5) is 12.7. The van der Waals surface area contributed by atoms with E-state index in [1.807, 2.05) is 12.4 Å². The molecule has 3 aromatic rings. The lowest BCUT2D eigenvalue weighted by Gasteiger charge is -2.34. The molecule has 5 nitrogen and oxygen atoms in total. The van der Waals surface area contributed by atoms with Crippen LogP contribution in [0, 0.1) is 6.92 Å². The summed E-state index contributed by atoms with van der Waals surface area (Å²) in [6, 6.07) is 11.5. The molecule has 0 saturated carbocycles. The van der Waals surface area contributed by atoms with E-state index in [0.29, 0.717) is 18.0 Å². The molecule has 3 unspecified atom stereocenters. The van der Waals surface area contributed by atoms with E-state index < -0.39 is 0 Å². The Hall–Kier alpha value is -1.95. The Morgan fingerprint density at radius 3 is 2.64 bits per heavy atom. The van der Waals surface area contributed by atoms with Gasteiger partial charge in [0.25, 0.3) is 0 Å². The van der Waals surface area contributed by atoms with Crippen LogP contribution in [0.5, 0.6) is 0 Å². The highest BCUT2D eigenvalue weighted by Gasteiger charge is 2.29. The summed E-state index contributed by atoms with van der Waals surface area (Å²) in [5.74, 6) is 1.38. The summed E-state index contributed by atoms with van der Waals surface area (Å²) < 4.78 is 0. The van der Waals surface area contributed by atoms with Crippen LogP contribution in [0.15, 0.2) is 42.7 Å². The van der Waals surface area contributed by atoms with Crippen LogP contribution in [0.3, 0.4) is 0 Å². The number of nitrogens with one attached hydrogen (secondary N) is 2. The van der Waals surface area contributed by atoms with Crippen molar-refractivity contribution < 1.29 is 5.48 Å². The Labute approximate surface area is 154 Å². The summed E-state index contributed by atoms with van der Waals surface area (Å²) in [5.41, 5.74) is 4.61. The zero-order valence-corrected chi connectivity index (χ0v) is 15.3. The molecule has 0 spiro atoms. The fourth-order valence-electron chi connectivity index (χ4n) is 3.67. The maximum atomic E-state index is 4.85. The van der Waals surface area contributed by atoms with Crippen LogP contribution in [0.1, 0.15) is 48.7 Å². The standard InChI is InChI=1S/C19H22N4.ClH.H2O/c1-12-10-20-17-11-21-19(23-18(12)17)15-8-13(2)22-16(9-15)14-6-4-3-5-7-14;;/h3-7,10-11,13,15-16,20,22H,8-9H2,1-2H3;1H;1H2. The molecule has 1 aromatic carbocycles. The average Bonchev–Trinajstić information content (AvgIpc) is 2.96. The first kappa shape index (κ1) is 19.4. The fourth-order valence-corrected chi connectivity index (χ4v) is 3.67. The molecule has 1 fully saturated rings. The summed E-state index contributed by atoms with van der Waals surface area (Å²) in [6.07, 6.45) is 6.05. The van der Waals surface area contributed by atoms with Crippen molar-refractivity contribution in [1.29, 1.82) is 0 Å². The van der Waals surface area contributed by atoms with Crippen molar-refractivity contribution in [3.05, 3.63) is 59.7 Å². The Kier molecular flexibility index (Phi) is 6.16. The highest BCUT2D eigenvalue weighted by atomic mass is 35.5. The number of halogens is 1. The van der Waals surface area contributed by atoms with Gasteiger partial charge in [0.05, 0.1) is 17.2 Å². The molecule has 1 aliphatic rings. The number of rotatable bonds is 2. The SMILES string of the molecule is Cc1c[nH]c2cnc(C3CC(C)NC(c4ccccc4)C3)nc12.Cl.O. The zero-order valence-electron chi connectivity index (χ0n) is 14.5. The highest BCUT2D eigenvalue weighted by molar-refractivity contribution is 5.85. The molecule has 0 radical (unpaired) electrons. The van der Waals surface area contributed by atoms with E-state index in [1.54, 1.807) is 0 Å². The van der Waals surface area contributed by atoms with E-state index in [-0.39, 0.29) is 17.9 Å². The van der Waals surface area contributed by atoms with Gasteiger partial charge in [-0.05, 0) is 37.8 Å². The number of piperidine rings is 1. The van der Waals surface area contributed by atoms with Gasteiger partial charge in [-0.15, -0.1) is 12.4 Å². The molecule has 3 heterocycles. The van der Waals surface area contributed by atoms with Crippen LogP contribution in [0.4, 0.5) is 0 Å². The molecule has 0 amide bonds. The number of hydrogen-bond donors (Lipinski definition) is 2. The van der Waals surface area contributed by atoms with Gasteiger partial charge in [-0.25, -0.2) is 9.97 Å². The molecule has 1 saturated heterocycles. The minimum atomic E-state index is 0. The summed E-state index contributed by atoms with van der Waals surface area (Å²) in [7, 11) is 0. The van der Waals surface area contributed by atoms with Gasteiger partial charge >= 0.3 is 0 Å². The first-order valence-corrected chi connectivity index (χ1v) is 8.32. The summed E-state index contributed by atoms with van der Waals surface area (Å²) in [5, 5.41) is 3.71. The smallest absolute Gasteiger partial charge is 0.132 e. The first-order chi connectivity index (χ1) is 11.2. The maximum absolute atomic E-state index is 4.85. The largest absolute Gasteiger partial charge is 0.412 e. The Bertz CT molecular complexity index is 821. The van der Waals surface area contributed by atoms with Crippen molar-refractivity contribution in [3.63, 3.8) is 0 Å². The number of benzene rings is 1. The van der Waals surface area contributed by atoms with Gasteiger partial charge in [0.2, 0.25) is 0 Å². The van der Waals surface area contributed by atoms with Crippen molar-refractivity contribution in [2.24, 2.45) is 0 Å². The third kappa shape index (κ3) is 3.84. The van der Waals surface area contributed by atoms with Gasteiger partial charge < -0.3 is 15.8 Å². The molecule has 6 heteroatoms. The Morgan fingerprint density at radius 1 is 1.12 bits per heavy atom. The molecule has 1 aliphatic heterocycles. The average molecular weight is 361 g/mol. The number of nitrogens with zero attached hydrogens (tertiary/aromatic N) is 2. The van der Waals surface area contributed by atoms with E-state index in [4.69, 9.17) is 4.98 Å². The number of fused-ring (bicyclic) bond motifs is 1. The van der Waals surface area contributed by atoms with Crippen LogP contribution in [0.2, 0.25) is 0 Å². The molecule has 0 bridgehead atoms. The van der Waals surface area contributed by atoms with E-state index in [2.05, 4.69) is 59.5 Å².